The zero-order valence-electron chi connectivity index (χ0n) is 25.2. The molecule has 6 heteroatoms. The summed E-state index contributed by atoms with van der Waals surface area (Å²) in [5, 5.41) is 11.3. The number of allylic oxidation sites excluding steroid dienone is 1. The minimum absolute atomic E-state index is 0.0785. The van der Waals surface area contributed by atoms with Gasteiger partial charge < -0.3 is 14.6 Å². The number of carboxylic acid groups (broad SMARTS) is 1. The summed E-state index contributed by atoms with van der Waals surface area (Å²) < 4.78 is 7.06. The van der Waals surface area contributed by atoms with Gasteiger partial charge in [-0.25, -0.2) is 0 Å². The lowest BCUT2D eigenvalue weighted by Crippen LogP contribution is -2.65. The fourth-order valence-electron chi connectivity index (χ4n) is 12.1. The van der Waals surface area contributed by atoms with Crippen molar-refractivity contribution in [3.8, 4) is 0 Å². The summed E-state index contributed by atoms with van der Waals surface area (Å²) in [5.74, 6) is 0.670. The summed E-state index contributed by atoms with van der Waals surface area (Å²) in [4.78, 5) is 32.5. The normalized spacial score (nSPS) is 47.5. The Hall–Kier alpha value is -1.24. The largest absolute Gasteiger partial charge is 0.481 e. The van der Waals surface area contributed by atoms with E-state index in [-0.39, 0.29) is 30.0 Å². The minimum Gasteiger partial charge on any atom is -0.481 e. The molecule has 0 aromatic rings. The van der Waals surface area contributed by atoms with Crippen LogP contribution in [-0.4, -0.2) is 78.1 Å². The van der Waals surface area contributed by atoms with Gasteiger partial charge in [0.25, 0.3) is 0 Å². The van der Waals surface area contributed by atoms with Crippen molar-refractivity contribution >= 4 is 12.3 Å². The molecule has 9 atom stereocenters. The number of carboxylic acids is 1. The molecular formula is C34H52N2O4. The molecule has 0 aromatic heterocycles. The Kier molecular flexibility index (Phi) is 6.83. The Morgan fingerprint density at radius 1 is 1.05 bits per heavy atom. The van der Waals surface area contributed by atoms with Crippen LogP contribution in [0.5, 0.6) is 0 Å². The maximum absolute atomic E-state index is 13.8. The van der Waals surface area contributed by atoms with E-state index in [1.54, 1.807) is 0 Å². The summed E-state index contributed by atoms with van der Waals surface area (Å²) in [6.45, 7) is 12.1. The SMILES string of the molecule is CC(C)C1=CC2CC3(C=O)[C@@H]4CC[C@@H](C)[C@H]4CC2(C2CCC(CN4CCN(C5CCCCC5)CC4)O2)C13C(=O)O. The van der Waals surface area contributed by atoms with Gasteiger partial charge in [0.05, 0.1) is 17.6 Å². The van der Waals surface area contributed by atoms with Crippen molar-refractivity contribution in [2.75, 3.05) is 32.7 Å². The molecule has 40 heavy (non-hydrogen) atoms. The number of nitrogens with zero attached hydrogens (tertiary/aromatic N) is 2. The van der Waals surface area contributed by atoms with E-state index in [1.165, 1.54) is 45.2 Å². The number of aliphatic carboxylic acids is 1. The molecule has 7 rings (SSSR count). The average molecular weight is 553 g/mol. The molecule has 2 saturated heterocycles. The lowest BCUT2D eigenvalue weighted by Gasteiger charge is -2.60. The van der Waals surface area contributed by atoms with Crippen molar-refractivity contribution in [2.45, 2.75) is 110 Å². The molecule has 0 radical (unpaired) electrons. The summed E-state index contributed by atoms with van der Waals surface area (Å²) in [7, 11) is 0. The smallest absolute Gasteiger partial charge is 0.315 e. The molecule has 222 valence electrons. The lowest BCUT2D eigenvalue weighted by atomic mass is 9.41. The Morgan fingerprint density at radius 3 is 2.48 bits per heavy atom. The van der Waals surface area contributed by atoms with Gasteiger partial charge in [-0.3, -0.25) is 14.6 Å². The van der Waals surface area contributed by atoms with Crippen molar-refractivity contribution in [3.63, 3.8) is 0 Å². The zero-order chi connectivity index (χ0) is 27.9. The van der Waals surface area contributed by atoms with E-state index in [2.05, 4.69) is 36.6 Å². The van der Waals surface area contributed by atoms with Crippen LogP contribution in [0.4, 0.5) is 0 Å². The zero-order valence-corrected chi connectivity index (χ0v) is 25.2. The van der Waals surface area contributed by atoms with E-state index in [0.717, 1.165) is 69.6 Å². The van der Waals surface area contributed by atoms with Crippen molar-refractivity contribution in [2.24, 2.45) is 45.8 Å². The number of rotatable bonds is 7. The Labute approximate surface area is 241 Å². The number of piperazine rings is 1. The van der Waals surface area contributed by atoms with Crippen molar-refractivity contribution in [1.82, 2.24) is 9.80 Å². The average Bonchev–Trinajstić information content (AvgIpc) is 3.69. The second kappa shape index (κ2) is 9.91. The molecule has 6 nitrogen and oxygen atoms in total. The van der Waals surface area contributed by atoms with E-state index < -0.39 is 22.2 Å². The number of hydrogen-bond acceptors (Lipinski definition) is 5. The van der Waals surface area contributed by atoms with Crippen LogP contribution >= 0.6 is 0 Å². The van der Waals surface area contributed by atoms with Crippen molar-refractivity contribution < 1.29 is 19.4 Å². The molecule has 0 spiro atoms. The topological polar surface area (TPSA) is 70.1 Å². The molecule has 6 fully saturated rings. The first-order valence-electron chi connectivity index (χ1n) is 16.8. The molecule has 7 aliphatic rings. The van der Waals surface area contributed by atoms with Gasteiger partial charge >= 0.3 is 5.97 Å². The van der Waals surface area contributed by atoms with E-state index in [1.807, 2.05) is 0 Å². The first-order chi connectivity index (χ1) is 19.3. The minimum atomic E-state index is -1.11. The predicted molar refractivity (Wildman–Crippen MR) is 155 cm³/mol. The first kappa shape index (κ1) is 27.6. The standard InChI is InChI=1S/C34H52N2O4/c1-22(2)29-17-24-18-32(21-37)28-11-9-23(3)27(28)19-33(24,34(29,32)31(38)39)30-12-10-26(40-30)20-35-13-15-36(16-14-35)25-7-5-4-6-8-25/h17,21-28,30H,4-16,18-20H2,1-3H3,(H,38,39)/t23-,24?,26?,27-,28-,30?,32?,33?,34?/m1/s1. The maximum Gasteiger partial charge on any atom is 0.315 e. The summed E-state index contributed by atoms with van der Waals surface area (Å²) in [6, 6.07) is 0.793. The second-order valence-electron chi connectivity index (χ2n) is 15.3. The van der Waals surface area contributed by atoms with Crippen LogP contribution in [0.25, 0.3) is 0 Å². The molecule has 0 aromatic carbocycles. The number of fused-ring (bicyclic) bond motifs is 2. The summed E-state index contributed by atoms with van der Waals surface area (Å²) in [5.41, 5.74) is -1.36. The number of carbonyl (C=O) groups excluding carboxylic acids is 1. The van der Waals surface area contributed by atoms with Crippen molar-refractivity contribution in [3.05, 3.63) is 11.6 Å². The van der Waals surface area contributed by atoms with E-state index in [9.17, 15) is 14.7 Å². The third-order valence-corrected chi connectivity index (χ3v) is 13.6. The third-order valence-electron chi connectivity index (χ3n) is 13.6. The van der Waals surface area contributed by atoms with Gasteiger partial charge in [-0.2, -0.15) is 0 Å². The number of hydrogen-bond donors (Lipinski definition) is 1. The van der Waals surface area contributed by atoms with Gasteiger partial charge in [-0.05, 0) is 74.5 Å². The van der Waals surface area contributed by atoms with Crippen LogP contribution < -0.4 is 0 Å². The predicted octanol–water partition coefficient (Wildman–Crippen LogP) is 5.41. The van der Waals surface area contributed by atoms with Gasteiger partial charge in [-0.15, -0.1) is 0 Å². The Balaban J connectivity index is 1.14. The fourth-order valence-corrected chi connectivity index (χ4v) is 12.1. The molecule has 2 heterocycles. The first-order valence-corrected chi connectivity index (χ1v) is 16.8. The molecule has 0 amide bonds. The fraction of sp³-hybridized carbons (Fsp3) is 0.882. The maximum atomic E-state index is 13.8. The third kappa shape index (κ3) is 3.51. The van der Waals surface area contributed by atoms with Crippen molar-refractivity contribution in [1.29, 1.82) is 0 Å². The van der Waals surface area contributed by atoms with Gasteiger partial charge in [-0.1, -0.05) is 58.1 Å². The monoisotopic (exact) mass is 552 g/mol. The molecule has 2 aliphatic heterocycles. The van der Waals surface area contributed by atoms with E-state index >= 15 is 0 Å². The molecule has 6 unspecified atom stereocenters. The molecule has 5 aliphatic carbocycles. The molecule has 4 saturated carbocycles. The molecule has 1 N–H and O–H groups in total. The molecule has 4 bridgehead atoms. The summed E-state index contributed by atoms with van der Waals surface area (Å²) >= 11 is 0. The van der Waals surface area contributed by atoms with Crippen LogP contribution in [0.3, 0.4) is 0 Å². The van der Waals surface area contributed by atoms with Crippen LogP contribution in [0.15, 0.2) is 11.6 Å². The summed E-state index contributed by atoms with van der Waals surface area (Å²) in [6.07, 6.45) is 16.2. The quantitative estimate of drug-likeness (QED) is 0.337. The van der Waals surface area contributed by atoms with Crippen LogP contribution in [0.1, 0.15) is 91.4 Å². The van der Waals surface area contributed by atoms with Crippen LogP contribution in [0.2, 0.25) is 0 Å². The van der Waals surface area contributed by atoms with Gasteiger partial charge in [0.1, 0.15) is 11.7 Å². The number of aldehydes is 1. The highest BCUT2D eigenvalue weighted by Gasteiger charge is 2.86. The van der Waals surface area contributed by atoms with Crippen LogP contribution in [0, 0.1) is 45.8 Å². The number of ether oxygens (including phenoxy) is 1. The van der Waals surface area contributed by atoms with Gasteiger partial charge in [0.15, 0.2) is 0 Å². The highest BCUT2D eigenvalue weighted by Crippen LogP contribution is 2.84. The lowest BCUT2D eigenvalue weighted by molar-refractivity contribution is -0.197. The highest BCUT2D eigenvalue weighted by atomic mass is 16.5. The Morgan fingerprint density at radius 2 is 1.80 bits per heavy atom. The van der Waals surface area contributed by atoms with E-state index in [4.69, 9.17) is 4.74 Å². The highest BCUT2D eigenvalue weighted by molar-refractivity contribution is 5.90. The van der Waals surface area contributed by atoms with Crippen LogP contribution in [-0.2, 0) is 14.3 Å². The van der Waals surface area contributed by atoms with Gasteiger partial charge in [0, 0.05) is 44.2 Å². The van der Waals surface area contributed by atoms with E-state index in [0.29, 0.717) is 18.3 Å². The number of carbonyl (C=O) groups is 2. The van der Waals surface area contributed by atoms with Gasteiger partial charge in [0.2, 0.25) is 0 Å². The second-order valence-corrected chi connectivity index (χ2v) is 15.3. The molecular weight excluding hydrogens is 500 g/mol. The Bertz CT molecular complexity index is 1040.